The Kier molecular flexibility index (Phi) is 4.69. The lowest BCUT2D eigenvalue weighted by molar-refractivity contribution is 0.131. The number of aromatic nitrogens is 3. The summed E-state index contributed by atoms with van der Waals surface area (Å²) in [6.07, 6.45) is 11.0. The third-order valence-electron chi connectivity index (χ3n) is 6.63. The highest BCUT2D eigenvalue weighted by molar-refractivity contribution is 9.10. The predicted octanol–water partition coefficient (Wildman–Crippen LogP) is 2.43. The van der Waals surface area contributed by atoms with Crippen molar-refractivity contribution in [3.05, 3.63) is 29.1 Å². The van der Waals surface area contributed by atoms with Gasteiger partial charge in [0.2, 0.25) is 0 Å². The predicted molar refractivity (Wildman–Crippen MR) is 113 cm³/mol. The van der Waals surface area contributed by atoms with Crippen molar-refractivity contribution in [2.75, 3.05) is 18.8 Å². The Labute approximate surface area is 177 Å². The maximum absolute atomic E-state index is 13.5. The zero-order chi connectivity index (χ0) is 20.2. The summed E-state index contributed by atoms with van der Waals surface area (Å²) in [5.74, 6) is 0.415. The van der Waals surface area contributed by atoms with Gasteiger partial charge in [-0.15, -0.1) is 0 Å². The zero-order valence-electron chi connectivity index (χ0n) is 16.1. The number of nitrogen functional groups attached to an aromatic ring is 1. The van der Waals surface area contributed by atoms with E-state index in [2.05, 4.69) is 48.7 Å². The second kappa shape index (κ2) is 7.01. The third-order valence-corrected chi connectivity index (χ3v) is 7.23. The molecule has 0 bridgehead atoms. The van der Waals surface area contributed by atoms with Crippen LogP contribution in [0.3, 0.4) is 0 Å². The van der Waals surface area contributed by atoms with E-state index < -0.39 is 11.8 Å². The number of nitrogens with zero attached hydrogens (tertiary/aromatic N) is 3. The smallest absolute Gasteiger partial charge is 0.148 e. The quantitative estimate of drug-likeness (QED) is 0.353. The van der Waals surface area contributed by atoms with Gasteiger partial charge in [0, 0.05) is 28.7 Å². The molecule has 2 aromatic heterocycles. The highest BCUT2D eigenvalue weighted by atomic mass is 79.9. The van der Waals surface area contributed by atoms with E-state index in [-0.39, 0.29) is 17.6 Å². The Morgan fingerprint density at radius 3 is 3.00 bits per heavy atom. The van der Waals surface area contributed by atoms with Gasteiger partial charge in [0.15, 0.2) is 0 Å². The van der Waals surface area contributed by atoms with Gasteiger partial charge in [-0.25, -0.2) is 14.4 Å². The highest BCUT2D eigenvalue weighted by Crippen LogP contribution is 2.80. The first-order chi connectivity index (χ1) is 13.9. The maximum atomic E-state index is 13.5. The number of unbranched alkanes of at least 4 members (excludes halogenated alkanes) is 1. The van der Waals surface area contributed by atoms with E-state index >= 15 is 0 Å². The summed E-state index contributed by atoms with van der Waals surface area (Å²) in [7, 11) is 0. The zero-order valence-corrected chi connectivity index (χ0v) is 17.7. The number of alkyl halides is 1. The van der Waals surface area contributed by atoms with Crippen molar-refractivity contribution < 1.29 is 9.50 Å². The van der Waals surface area contributed by atoms with Gasteiger partial charge in [0.25, 0.3) is 0 Å². The highest BCUT2D eigenvalue weighted by Gasteiger charge is 2.84. The van der Waals surface area contributed by atoms with Gasteiger partial charge in [0.05, 0.1) is 11.5 Å². The monoisotopic (exact) mass is 464 g/mol. The fraction of sp³-hybridized carbons (Fsp3) is 0.600. The number of aliphatic hydroxyl groups is 1. The molecule has 0 amide bonds. The Hall–Kier alpha value is -1.55. The van der Waals surface area contributed by atoms with Gasteiger partial charge in [-0.3, -0.25) is 5.32 Å². The number of allylic oxidation sites excluding steroid dienone is 1. The molecule has 5 rings (SSSR count). The summed E-state index contributed by atoms with van der Waals surface area (Å²) < 4.78 is 16.3. The van der Waals surface area contributed by atoms with E-state index in [4.69, 9.17) is 5.73 Å². The number of fused-ring (bicyclic) bond motifs is 2. The van der Waals surface area contributed by atoms with Gasteiger partial charge in [0.1, 0.15) is 29.6 Å². The maximum Gasteiger partial charge on any atom is 0.148 e. The Balaban J connectivity index is 1.12. The molecule has 0 unspecified atom stereocenters. The van der Waals surface area contributed by atoms with Crippen LogP contribution in [0.5, 0.6) is 0 Å². The van der Waals surface area contributed by atoms with E-state index in [9.17, 15) is 9.50 Å². The molecule has 2 saturated carbocycles. The van der Waals surface area contributed by atoms with Gasteiger partial charge in [-0.1, -0.05) is 12.2 Å². The third kappa shape index (κ3) is 3.37. The molecule has 9 heteroatoms. The largest absolute Gasteiger partial charge is 0.389 e. The topological polar surface area (TPSA) is 101 Å². The number of hydrogen-bond acceptors (Lipinski definition) is 6. The average molecular weight is 465 g/mol. The van der Waals surface area contributed by atoms with Crippen molar-refractivity contribution in [3.63, 3.8) is 0 Å². The van der Waals surface area contributed by atoms with E-state index in [0.717, 1.165) is 48.6 Å². The first-order valence-corrected chi connectivity index (χ1v) is 11.0. The Morgan fingerprint density at radius 1 is 1.45 bits per heavy atom. The van der Waals surface area contributed by atoms with Crippen LogP contribution in [-0.2, 0) is 0 Å². The molecule has 1 aliphatic heterocycles. The number of halogens is 2. The van der Waals surface area contributed by atoms with E-state index in [1.54, 1.807) is 0 Å². The second-order valence-electron chi connectivity index (χ2n) is 8.71. The molecule has 7 nitrogen and oxygen atoms in total. The van der Waals surface area contributed by atoms with E-state index in [1.807, 2.05) is 10.8 Å². The van der Waals surface area contributed by atoms with Crippen LogP contribution in [0.15, 0.2) is 29.1 Å². The fourth-order valence-electron chi connectivity index (χ4n) is 4.61. The molecule has 2 aromatic rings. The second-order valence-corrected chi connectivity index (χ2v) is 9.56. The van der Waals surface area contributed by atoms with E-state index in [1.165, 1.54) is 6.33 Å². The minimum absolute atomic E-state index is 0.00890. The number of rotatable bonds is 8. The normalized spacial score (nSPS) is 35.5. The first-order valence-electron chi connectivity index (χ1n) is 10.2. The standard InChI is InChI=1S/C20H26BrFN6O/c21-13-7-28(18-15(13)16(23)25-11-26-18)17-14(29)6-12(27-17)4-2-1-3-5-24-10-19-8-20(19,22)9-19/h2,4,7,11-12,14,17,24,27,29H,1,3,5-6,8-10H2,(H2,23,25,26)/b4-2+/t12-,14-,17+,19?,20?/m1/s1. The lowest BCUT2D eigenvalue weighted by Crippen LogP contribution is -2.29. The summed E-state index contributed by atoms with van der Waals surface area (Å²) in [6.45, 7) is 1.73. The summed E-state index contributed by atoms with van der Waals surface area (Å²) in [5, 5.41) is 18.2. The molecule has 3 fully saturated rings. The number of nitrogens with two attached hydrogens (primary N) is 1. The van der Waals surface area contributed by atoms with Crippen molar-refractivity contribution in [2.45, 2.75) is 56.1 Å². The van der Waals surface area contributed by atoms with Crippen LogP contribution >= 0.6 is 15.9 Å². The van der Waals surface area contributed by atoms with E-state index in [0.29, 0.717) is 17.9 Å². The van der Waals surface area contributed by atoms with Gasteiger partial charge >= 0.3 is 0 Å². The fourth-order valence-corrected chi connectivity index (χ4v) is 5.21. The molecule has 2 aliphatic carbocycles. The molecular weight excluding hydrogens is 439 g/mol. The van der Waals surface area contributed by atoms with Gasteiger partial charge in [-0.05, 0) is 54.6 Å². The van der Waals surface area contributed by atoms with Crippen molar-refractivity contribution in [1.82, 2.24) is 25.2 Å². The molecule has 1 saturated heterocycles. The SMILES string of the molecule is Nc1ncnc2c1c(Br)cn2[C@@H]1N[C@H](/C=C/CCCNCC23CC2(F)C3)C[C@H]1O. The number of hydrogen-bond donors (Lipinski definition) is 4. The molecule has 3 atom stereocenters. The minimum atomic E-state index is -0.802. The molecular formula is C20H26BrFN6O. The number of aliphatic hydroxyl groups excluding tert-OH is 1. The lowest BCUT2D eigenvalue weighted by atomic mass is 10.1. The minimum Gasteiger partial charge on any atom is -0.389 e. The lowest BCUT2D eigenvalue weighted by Gasteiger charge is -2.18. The van der Waals surface area contributed by atoms with Crippen LogP contribution in [0.1, 0.15) is 38.3 Å². The molecule has 0 spiro atoms. The van der Waals surface area contributed by atoms with Crippen LogP contribution < -0.4 is 16.4 Å². The van der Waals surface area contributed by atoms with Crippen LogP contribution in [0.25, 0.3) is 11.0 Å². The first kappa shape index (κ1) is 19.4. The molecule has 156 valence electrons. The average Bonchev–Trinajstić information content (AvgIpc) is 3.25. The molecule has 5 N–H and O–H groups in total. The van der Waals surface area contributed by atoms with Crippen molar-refractivity contribution in [1.29, 1.82) is 0 Å². The molecule has 29 heavy (non-hydrogen) atoms. The summed E-state index contributed by atoms with van der Waals surface area (Å²) in [5.41, 5.74) is 5.87. The number of nitrogens with one attached hydrogen (secondary N) is 2. The Morgan fingerprint density at radius 2 is 2.24 bits per heavy atom. The van der Waals surface area contributed by atoms with Gasteiger partial charge < -0.3 is 20.7 Å². The van der Waals surface area contributed by atoms with Crippen molar-refractivity contribution in [2.24, 2.45) is 5.41 Å². The molecule has 3 aliphatic rings. The van der Waals surface area contributed by atoms with Crippen LogP contribution in [0.4, 0.5) is 10.2 Å². The Bertz CT molecular complexity index is 956. The molecule has 3 heterocycles. The molecule has 0 aromatic carbocycles. The van der Waals surface area contributed by atoms with Crippen molar-refractivity contribution >= 4 is 32.8 Å². The molecule has 0 radical (unpaired) electrons. The summed E-state index contributed by atoms with van der Waals surface area (Å²) in [6, 6.07) is 0.0994. The number of anilines is 1. The van der Waals surface area contributed by atoms with Gasteiger partial charge in [-0.2, -0.15) is 0 Å². The summed E-state index contributed by atoms with van der Waals surface area (Å²) in [4.78, 5) is 8.38. The van der Waals surface area contributed by atoms with Crippen LogP contribution in [0, 0.1) is 5.41 Å². The van der Waals surface area contributed by atoms with Crippen molar-refractivity contribution in [3.8, 4) is 0 Å². The summed E-state index contributed by atoms with van der Waals surface area (Å²) >= 11 is 3.51. The van der Waals surface area contributed by atoms with Crippen LogP contribution in [-0.4, -0.2) is 50.5 Å². The van der Waals surface area contributed by atoms with Crippen LogP contribution in [0.2, 0.25) is 0 Å².